The van der Waals surface area contributed by atoms with Crippen LogP contribution in [-0.4, -0.2) is 41.4 Å². The van der Waals surface area contributed by atoms with E-state index in [2.05, 4.69) is 29.7 Å². The number of carbonyl (C=O) groups is 2. The Bertz CT molecular complexity index is 505. The minimum Gasteiger partial charge on any atom is -0.362 e. The smallest absolute Gasteiger partial charge is 0.171 e. The van der Waals surface area contributed by atoms with E-state index >= 15 is 0 Å². The normalized spacial score (nSPS) is 51.0. The summed E-state index contributed by atoms with van der Waals surface area (Å²) in [7, 11) is 0. The van der Waals surface area contributed by atoms with Gasteiger partial charge in [-0.15, -0.1) is 0 Å². The number of ketones is 2. The molecule has 20 heavy (non-hydrogen) atoms. The molecular formula is C13H16O5S2. The Morgan fingerprint density at radius 1 is 1.40 bits per heavy atom. The summed E-state index contributed by atoms with van der Waals surface area (Å²) in [6.07, 6.45) is 0.684. The first-order chi connectivity index (χ1) is 9.48. The van der Waals surface area contributed by atoms with E-state index in [1.807, 2.05) is 6.92 Å². The summed E-state index contributed by atoms with van der Waals surface area (Å²) in [5.41, 5.74) is -1.09. The zero-order valence-electron chi connectivity index (χ0n) is 10.9. The van der Waals surface area contributed by atoms with Crippen molar-refractivity contribution in [2.45, 2.75) is 42.8 Å². The van der Waals surface area contributed by atoms with Crippen LogP contribution in [0.25, 0.3) is 0 Å². The molecule has 2 saturated carbocycles. The molecule has 0 aromatic heterocycles. The van der Waals surface area contributed by atoms with E-state index in [0.717, 1.165) is 12.8 Å². The van der Waals surface area contributed by atoms with Gasteiger partial charge in [0.25, 0.3) is 0 Å². The van der Waals surface area contributed by atoms with E-state index in [4.69, 9.17) is 9.47 Å². The van der Waals surface area contributed by atoms with Crippen LogP contribution in [-0.2, 0) is 23.2 Å². The van der Waals surface area contributed by atoms with Gasteiger partial charge in [-0.25, -0.2) is 0 Å². The first-order valence-corrected chi connectivity index (χ1v) is 7.68. The first-order valence-electron chi connectivity index (χ1n) is 6.80. The lowest BCUT2D eigenvalue weighted by Gasteiger charge is -2.35. The van der Waals surface area contributed by atoms with Gasteiger partial charge in [0.1, 0.15) is 6.10 Å². The number of ether oxygens (including phenoxy) is 2. The Kier molecular flexibility index (Phi) is 2.72. The Balaban J connectivity index is 1.73. The third-order valence-electron chi connectivity index (χ3n) is 5.73. The van der Waals surface area contributed by atoms with E-state index in [1.165, 1.54) is 0 Å². The lowest BCUT2D eigenvalue weighted by atomic mass is 9.65. The molecule has 0 amide bonds. The molecule has 4 rings (SSSR count). The second-order valence-electron chi connectivity index (χ2n) is 6.37. The van der Waals surface area contributed by atoms with Gasteiger partial charge in [0.15, 0.2) is 18.4 Å². The third-order valence-corrected chi connectivity index (χ3v) is 6.39. The molecule has 110 valence electrons. The van der Waals surface area contributed by atoms with Crippen molar-refractivity contribution in [1.82, 2.24) is 0 Å². The maximum Gasteiger partial charge on any atom is 0.171 e. The summed E-state index contributed by atoms with van der Waals surface area (Å²) in [6, 6.07) is 0. The van der Waals surface area contributed by atoms with Gasteiger partial charge >= 0.3 is 0 Å². The Morgan fingerprint density at radius 2 is 2.10 bits per heavy atom. The minimum atomic E-state index is -0.669. The van der Waals surface area contributed by atoms with Crippen molar-refractivity contribution in [2.75, 3.05) is 6.79 Å². The third kappa shape index (κ3) is 1.30. The number of Topliss-reactive ketones (excluding diaryl/α,β-unsaturated/α-hetero) is 2. The Morgan fingerprint density at radius 3 is 2.70 bits per heavy atom. The minimum absolute atomic E-state index is 0.0336. The standard InChI is InChI=1S/C13H16O5S2/c1-12-6-5(8(16-4-17-20)10(19)7(6)14)9(18-12)11(15)13(12)2-3-13/h5-6,8-10,19-20H,2-4H2,1H3/t5-,6+,8+,9+,10+,12-/m0/s1. The molecule has 2 bridgehead atoms. The van der Waals surface area contributed by atoms with Crippen LogP contribution >= 0.6 is 25.5 Å². The molecule has 0 N–H and O–H groups in total. The molecule has 2 aliphatic carbocycles. The topological polar surface area (TPSA) is 61.8 Å². The van der Waals surface area contributed by atoms with Crippen molar-refractivity contribution in [3.63, 3.8) is 0 Å². The molecule has 2 heterocycles. The molecule has 0 unspecified atom stereocenters. The molecule has 0 aromatic carbocycles. The molecule has 4 fully saturated rings. The van der Waals surface area contributed by atoms with E-state index in [0.29, 0.717) is 0 Å². The number of carbonyl (C=O) groups excluding carboxylic acids is 2. The fourth-order valence-electron chi connectivity index (χ4n) is 4.67. The van der Waals surface area contributed by atoms with Crippen LogP contribution in [0.2, 0.25) is 0 Å². The summed E-state index contributed by atoms with van der Waals surface area (Å²) < 4.78 is 16.2. The molecule has 4 aliphatic rings. The van der Waals surface area contributed by atoms with Gasteiger partial charge in [0, 0.05) is 5.92 Å². The molecule has 7 heteroatoms. The number of hydrogen-bond acceptors (Lipinski definition) is 7. The molecule has 6 atom stereocenters. The average Bonchev–Trinajstić information content (AvgIpc) is 3.07. The van der Waals surface area contributed by atoms with E-state index < -0.39 is 28.5 Å². The summed E-state index contributed by atoms with van der Waals surface area (Å²) in [5.74, 6) is -0.347. The summed E-state index contributed by atoms with van der Waals surface area (Å²) in [4.78, 5) is 25.1. The molecule has 0 radical (unpaired) electrons. The highest BCUT2D eigenvalue weighted by Gasteiger charge is 2.82. The lowest BCUT2D eigenvalue weighted by Crippen LogP contribution is -2.50. The van der Waals surface area contributed by atoms with Crippen molar-refractivity contribution in [3.8, 4) is 0 Å². The molecule has 1 spiro atoms. The molecule has 0 aromatic rings. The Hall–Kier alpha value is -0.0800. The van der Waals surface area contributed by atoms with Crippen LogP contribution in [0, 0.1) is 17.3 Å². The van der Waals surface area contributed by atoms with Gasteiger partial charge in [0.05, 0.1) is 28.3 Å². The predicted molar refractivity (Wildman–Crippen MR) is 74.5 cm³/mol. The van der Waals surface area contributed by atoms with Crippen LogP contribution in [0.5, 0.6) is 0 Å². The highest BCUT2D eigenvalue weighted by molar-refractivity contribution is 7.82. The van der Waals surface area contributed by atoms with Gasteiger partial charge in [-0.2, -0.15) is 12.6 Å². The maximum atomic E-state index is 12.6. The molecule has 2 saturated heterocycles. The quantitative estimate of drug-likeness (QED) is 0.459. The molecule has 5 nitrogen and oxygen atoms in total. The summed E-state index contributed by atoms with van der Waals surface area (Å²) in [6.45, 7) is 1.88. The Labute approximate surface area is 127 Å². The highest BCUT2D eigenvalue weighted by atomic mass is 32.1. The van der Waals surface area contributed by atoms with Gasteiger partial charge in [-0.1, -0.05) is 0 Å². The highest BCUT2D eigenvalue weighted by Crippen LogP contribution is 2.71. The number of fused-ring (bicyclic) bond motifs is 6. The van der Waals surface area contributed by atoms with Crippen molar-refractivity contribution in [2.24, 2.45) is 17.3 Å². The second kappa shape index (κ2) is 4.01. The number of rotatable bonds is 3. The zero-order valence-corrected chi connectivity index (χ0v) is 12.7. The van der Waals surface area contributed by atoms with Crippen molar-refractivity contribution in [3.05, 3.63) is 0 Å². The lowest BCUT2D eigenvalue weighted by molar-refractivity contribution is -0.132. The van der Waals surface area contributed by atoms with Gasteiger partial charge in [-0.05, 0) is 32.7 Å². The fraction of sp³-hybridized carbons (Fsp3) is 0.846. The average molecular weight is 316 g/mol. The SMILES string of the molecule is C[C@@]12O[C@@H](C(=O)C13CC3)[C@@H]1[C@@H](OCOS)[C@H](S)C(=O)[C@@H]12. The zero-order chi connectivity index (χ0) is 14.3. The monoisotopic (exact) mass is 316 g/mol. The second-order valence-corrected chi connectivity index (χ2v) is 7.19. The van der Waals surface area contributed by atoms with Crippen LogP contribution in [0.4, 0.5) is 0 Å². The predicted octanol–water partition coefficient (Wildman–Crippen LogP) is 0.824. The van der Waals surface area contributed by atoms with Crippen LogP contribution in [0.1, 0.15) is 19.8 Å². The van der Waals surface area contributed by atoms with Crippen molar-refractivity contribution in [1.29, 1.82) is 0 Å². The van der Waals surface area contributed by atoms with Crippen LogP contribution in [0.3, 0.4) is 0 Å². The van der Waals surface area contributed by atoms with Gasteiger partial charge in [0.2, 0.25) is 0 Å². The molecular weight excluding hydrogens is 300 g/mol. The number of hydrogen-bond donors (Lipinski definition) is 2. The largest absolute Gasteiger partial charge is 0.362 e. The summed E-state index contributed by atoms with van der Waals surface area (Å²) in [5, 5.41) is -0.527. The number of thiol groups is 2. The van der Waals surface area contributed by atoms with E-state index in [1.54, 1.807) is 0 Å². The van der Waals surface area contributed by atoms with Crippen molar-refractivity contribution >= 4 is 37.1 Å². The maximum absolute atomic E-state index is 12.6. The van der Waals surface area contributed by atoms with Crippen LogP contribution < -0.4 is 0 Å². The first kappa shape index (κ1) is 13.6. The van der Waals surface area contributed by atoms with E-state index in [-0.39, 0.29) is 30.2 Å². The van der Waals surface area contributed by atoms with Crippen LogP contribution in [0.15, 0.2) is 0 Å². The van der Waals surface area contributed by atoms with Gasteiger partial charge < -0.3 is 9.47 Å². The summed E-state index contributed by atoms with van der Waals surface area (Å²) >= 11 is 8.03. The fourth-order valence-corrected chi connectivity index (χ4v) is 5.18. The van der Waals surface area contributed by atoms with Gasteiger partial charge in [-0.3, -0.25) is 13.8 Å². The van der Waals surface area contributed by atoms with E-state index in [9.17, 15) is 9.59 Å². The molecule has 2 aliphatic heterocycles. The van der Waals surface area contributed by atoms with Crippen molar-refractivity contribution < 1.29 is 23.2 Å².